The lowest BCUT2D eigenvalue weighted by Gasteiger charge is -2.15. The minimum absolute atomic E-state index is 0.395. The predicted molar refractivity (Wildman–Crippen MR) is 87.0 cm³/mol. The molecule has 3 heteroatoms. The summed E-state index contributed by atoms with van der Waals surface area (Å²) >= 11 is 0. The van der Waals surface area contributed by atoms with Crippen molar-refractivity contribution in [1.82, 2.24) is 10.3 Å². The fraction of sp³-hybridized carbons (Fsp3) is 0.389. The molecular formula is C18H24N2O. The Morgan fingerprint density at radius 2 is 1.81 bits per heavy atom. The molecule has 1 N–H and O–H groups in total. The van der Waals surface area contributed by atoms with Gasteiger partial charge in [0.15, 0.2) is 0 Å². The molecule has 1 heterocycles. The third kappa shape index (κ3) is 3.82. The molecule has 0 bridgehead atoms. The fourth-order valence-electron chi connectivity index (χ4n) is 2.45. The van der Waals surface area contributed by atoms with Gasteiger partial charge in [0.25, 0.3) is 0 Å². The number of nitrogens with one attached hydrogen (secondary N) is 1. The SMILES string of the molecule is CCc1nc(C)ccc1Oc1ccc(C(CC)NC)cc1. The maximum absolute atomic E-state index is 5.97. The van der Waals surface area contributed by atoms with E-state index in [-0.39, 0.29) is 0 Å². The molecule has 1 aromatic heterocycles. The minimum Gasteiger partial charge on any atom is -0.455 e. The molecule has 0 fully saturated rings. The first-order valence-corrected chi connectivity index (χ1v) is 7.59. The van der Waals surface area contributed by atoms with Gasteiger partial charge in [-0.15, -0.1) is 0 Å². The average Bonchev–Trinajstić information content (AvgIpc) is 2.52. The maximum Gasteiger partial charge on any atom is 0.148 e. The first-order valence-electron chi connectivity index (χ1n) is 7.59. The van der Waals surface area contributed by atoms with Gasteiger partial charge in [-0.2, -0.15) is 0 Å². The van der Waals surface area contributed by atoms with Gasteiger partial charge in [-0.05, 0) is 56.6 Å². The molecule has 0 saturated heterocycles. The summed E-state index contributed by atoms with van der Waals surface area (Å²) in [5.41, 5.74) is 3.31. The van der Waals surface area contributed by atoms with Gasteiger partial charge in [0.2, 0.25) is 0 Å². The molecule has 2 aromatic rings. The molecule has 0 aliphatic heterocycles. The summed E-state index contributed by atoms with van der Waals surface area (Å²) in [7, 11) is 1.99. The molecule has 1 atom stereocenters. The Kier molecular flexibility index (Phi) is 5.34. The highest BCUT2D eigenvalue weighted by Crippen LogP contribution is 2.26. The van der Waals surface area contributed by atoms with E-state index in [1.54, 1.807) is 0 Å². The molecular weight excluding hydrogens is 260 g/mol. The van der Waals surface area contributed by atoms with Crippen molar-refractivity contribution in [2.45, 2.75) is 39.7 Å². The van der Waals surface area contributed by atoms with Crippen molar-refractivity contribution < 1.29 is 4.74 Å². The van der Waals surface area contributed by atoms with Crippen molar-refractivity contribution in [1.29, 1.82) is 0 Å². The first-order chi connectivity index (χ1) is 10.2. The molecule has 0 amide bonds. The number of aromatic nitrogens is 1. The van der Waals surface area contributed by atoms with E-state index >= 15 is 0 Å². The lowest BCUT2D eigenvalue weighted by Crippen LogP contribution is -2.14. The highest BCUT2D eigenvalue weighted by molar-refractivity contribution is 5.36. The number of nitrogens with zero attached hydrogens (tertiary/aromatic N) is 1. The zero-order chi connectivity index (χ0) is 15.2. The molecule has 0 saturated carbocycles. The topological polar surface area (TPSA) is 34.1 Å². The second-order valence-corrected chi connectivity index (χ2v) is 5.17. The van der Waals surface area contributed by atoms with Crippen molar-refractivity contribution in [3.63, 3.8) is 0 Å². The molecule has 1 unspecified atom stereocenters. The van der Waals surface area contributed by atoms with Crippen LogP contribution in [0, 0.1) is 6.92 Å². The number of ether oxygens (including phenoxy) is 1. The van der Waals surface area contributed by atoms with E-state index in [0.717, 1.165) is 35.7 Å². The third-order valence-electron chi connectivity index (χ3n) is 3.67. The molecule has 112 valence electrons. The third-order valence-corrected chi connectivity index (χ3v) is 3.67. The minimum atomic E-state index is 0.395. The molecule has 3 nitrogen and oxygen atoms in total. The number of hydrogen-bond acceptors (Lipinski definition) is 3. The Morgan fingerprint density at radius 1 is 1.10 bits per heavy atom. The van der Waals surface area contributed by atoms with Crippen molar-refractivity contribution in [3.05, 3.63) is 53.3 Å². The van der Waals surface area contributed by atoms with Gasteiger partial charge in [-0.1, -0.05) is 26.0 Å². The van der Waals surface area contributed by atoms with Gasteiger partial charge in [-0.3, -0.25) is 4.98 Å². The summed E-state index contributed by atoms with van der Waals surface area (Å²) in [6, 6.07) is 12.7. The van der Waals surface area contributed by atoms with E-state index in [0.29, 0.717) is 6.04 Å². The summed E-state index contributed by atoms with van der Waals surface area (Å²) in [4.78, 5) is 4.53. The Hall–Kier alpha value is -1.87. The smallest absolute Gasteiger partial charge is 0.148 e. The van der Waals surface area contributed by atoms with Crippen molar-refractivity contribution >= 4 is 0 Å². The molecule has 1 aromatic carbocycles. The summed E-state index contributed by atoms with van der Waals surface area (Å²) < 4.78 is 5.97. The summed E-state index contributed by atoms with van der Waals surface area (Å²) in [6.07, 6.45) is 1.94. The molecule has 21 heavy (non-hydrogen) atoms. The van der Waals surface area contributed by atoms with E-state index in [1.807, 2.05) is 38.2 Å². The van der Waals surface area contributed by atoms with E-state index in [4.69, 9.17) is 4.74 Å². The first kappa shape index (κ1) is 15.5. The fourth-order valence-corrected chi connectivity index (χ4v) is 2.45. The van der Waals surface area contributed by atoms with Crippen LogP contribution in [0.4, 0.5) is 0 Å². The van der Waals surface area contributed by atoms with Gasteiger partial charge < -0.3 is 10.1 Å². The number of rotatable bonds is 6. The van der Waals surface area contributed by atoms with Crippen LogP contribution >= 0.6 is 0 Å². The van der Waals surface area contributed by atoms with E-state index in [9.17, 15) is 0 Å². The average molecular weight is 284 g/mol. The van der Waals surface area contributed by atoms with Crippen molar-refractivity contribution in [3.8, 4) is 11.5 Å². The molecule has 0 radical (unpaired) electrons. The van der Waals surface area contributed by atoms with E-state index < -0.39 is 0 Å². The number of hydrogen-bond donors (Lipinski definition) is 1. The Morgan fingerprint density at radius 3 is 2.38 bits per heavy atom. The highest BCUT2D eigenvalue weighted by atomic mass is 16.5. The van der Waals surface area contributed by atoms with Crippen molar-refractivity contribution in [2.24, 2.45) is 0 Å². The highest BCUT2D eigenvalue weighted by Gasteiger charge is 2.08. The Bertz CT molecular complexity index is 574. The summed E-state index contributed by atoms with van der Waals surface area (Å²) in [5.74, 6) is 1.70. The quantitative estimate of drug-likeness (QED) is 0.853. The van der Waals surface area contributed by atoms with Crippen LogP contribution in [0.1, 0.15) is 43.3 Å². The van der Waals surface area contributed by atoms with E-state index in [1.165, 1.54) is 5.56 Å². The predicted octanol–water partition coefficient (Wildman–Crippen LogP) is 4.42. The van der Waals surface area contributed by atoms with Crippen LogP contribution in [-0.2, 0) is 6.42 Å². The second kappa shape index (κ2) is 7.23. The van der Waals surface area contributed by atoms with Crippen LogP contribution in [0.15, 0.2) is 36.4 Å². The van der Waals surface area contributed by atoms with Crippen molar-refractivity contribution in [2.75, 3.05) is 7.05 Å². The van der Waals surface area contributed by atoms with Crippen LogP contribution in [0.3, 0.4) is 0 Å². The summed E-state index contributed by atoms with van der Waals surface area (Å²) in [5, 5.41) is 3.31. The molecule has 0 spiro atoms. The van der Waals surface area contributed by atoms with Gasteiger partial charge in [-0.25, -0.2) is 0 Å². The number of pyridine rings is 1. The molecule has 0 aliphatic carbocycles. The van der Waals surface area contributed by atoms with Crippen LogP contribution < -0.4 is 10.1 Å². The Labute approximate surface area is 127 Å². The van der Waals surface area contributed by atoms with Gasteiger partial charge in [0.05, 0.1) is 5.69 Å². The Balaban J connectivity index is 2.17. The van der Waals surface area contributed by atoms with E-state index in [2.05, 4.69) is 36.3 Å². The lowest BCUT2D eigenvalue weighted by atomic mass is 10.0. The van der Waals surface area contributed by atoms with Crippen LogP contribution in [0.25, 0.3) is 0 Å². The molecule has 2 rings (SSSR count). The summed E-state index contributed by atoms with van der Waals surface area (Å²) in [6.45, 7) is 6.27. The van der Waals surface area contributed by atoms with Gasteiger partial charge in [0, 0.05) is 11.7 Å². The number of benzene rings is 1. The zero-order valence-corrected chi connectivity index (χ0v) is 13.3. The number of aryl methyl sites for hydroxylation is 2. The maximum atomic E-state index is 5.97. The van der Waals surface area contributed by atoms with Gasteiger partial charge >= 0.3 is 0 Å². The second-order valence-electron chi connectivity index (χ2n) is 5.17. The lowest BCUT2D eigenvalue weighted by molar-refractivity contribution is 0.472. The normalized spacial score (nSPS) is 12.2. The largest absolute Gasteiger partial charge is 0.455 e. The standard InChI is InChI=1S/C18H24N2O/c1-5-16(19-4)14-8-10-15(11-9-14)21-18-12-7-13(3)20-17(18)6-2/h7-12,16,19H,5-6H2,1-4H3. The monoisotopic (exact) mass is 284 g/mol. The van der Waals surface area contributed by atoms with Crippen LogP contribution in [0.2, 0.25) is 0 Å². The zero-order valence-electron chi connectivity index (χ0n) is 13.3. The van der Waals surface area contributed by atoms with Crippen LogP contribution in [0.5, 0.6) is 11.5 Å². The molecule has 0 aliphatic rings. The van der Waals surface area contributed by atoms with Crippen LogP contribution in [-0.4, -0.2) is 12.0 Å². The van der Waals surface area contributed by atoms with Gasteiger partial charge in [0.1, 0.15) is 11.5 Å².